The van der Waals surface area contributed by atoms with E-state index < -0.39 is 15.3 Å². The summed E-state index contributed by atoms with van der Waals surface area (Å²) in [5.41, 5.74) is 0.448. The van der Waals surface area contributed by atoms with Gasteiger partial charge in [0.15, 0.2) is 0 Å². The van der Waals surface area contributed by atoms with Gasteiger partial charge in [-0.05, 0) is 0 Å². The molecule has 0 saturated heterocycles. The molecule has 0 aromatic carbocycles. The fourth-order valence-corrected chi connectivity index (χ4v) is 5.66. The van der Waals surface area contributed by atoms with Gasteiger partial charge >= 0.3 is 107 Å². The van der Waals surface area contributed by atoms with Gasteiger partial charge in [0.25, 0.3) is 0 Å². The number of hydrogen-bond acceptors (Lipinski definition) is 3. The van der Waals surface area contributed by atoms with Crippen LogP contribution in [0.5, 0.6) is 0 Å². The molecular weight excluding hydrogens is 261 g/mol. The summed E-state index contributed by atoms with van der Waals surface area (Å²) in [4.78, 5) is 0. The third-order valence-electron chi connectivity index (χ3n) is 1.34. The zero-order chi connectivity index (χ0) is 13.2. The molecule has 0 atom stereocenters. The first-order chi connectivity index (χ1) is 6.79. The van der Waals surface area contributed by atoms with Crippen molar-refractivity contribution in [3.8, 4) is 0 Å². The normalized spacial score (nSPS) is 14.6. The topological polar surface area (TPSA) is 36.1 Å². The summed E-state index contributed by atoms with van der Waals surface area (Å²) in [6, 6.07) is 0. The molecule has 4 heteroatoms. The van der Waals surface area contributed by atoms with Crippen molar-refractivity contribution in [1.29, 1.82) is 0 Å². The van der Waals surface area contributed by atoms with Crippen molar-refractivity contribution in [3.05, 3.63) is 0 Å². The summed E-state index contributed by atoms with van der Waals surface area (Å²) in [6.45, 7) is 19.9. The van der Waals surface area contributed by atoms with Crippen LogP contribution in [-0.4, -0.2) is 31.9 Å². The predicted molar refractivity (Wildman–Crippen MR) is 74.4 cm³/mol. The second kappa shape index (κ2) is 5.39. The zero-order valence-electron chi connectivity index (χ0n) is 12.4. The molecule has 0 fully saturated rings. The Balaban J connectivity index is 4.53. The summed E-state index contributed by atoms with van der Waals surface area (Å²) < 4.78 is 11.1. The molecule has 0 aliphatic carbocycles. The van der Waals surface area contributed by atoms with E-state index in [1.54, 1.807) is 0 Å². The molecule has 0 aliphatic heterocycles. The van der Waals surface area contributed by atoms with E-state index in [4.69, 9.17) is 0 Å². The molecule has 0 rings (SSSR count). The Morgan fingerprint density at radius 3 is 0.812 bits per heavy atom. The third-order valence-corrected chi connectivity index (χ3v) is 6.97. The Morgan fingerprint density at radius 1 is 0.500 bits per heavy atom. The van der Waals surface area contributed by atoms with Crippen molar-refractivity contribution in [1.82, 2.24) is 12.7 Å². The van der Waals surface area contributed by atoms with Crippen LogP contribution >= 0.6 is 0 Å². The number of rotatable bonds is 3. The summed E-state index contributed by atoms with van der Waals surface area (Å²) in [5.74, 6) is 0. The van der Waals surface area contributed by atoms with Gasteiger partial charge in [-0.2, -0.15) is 0 Å². The molecule has 0 aliphatic rings. The first kappa shape index (κ1) is 16.4. The van der Waals surface area contributed by atoms with Crippen molar-refractivity contribution in [2.45, 2.75) is 78.9 Å². The molecule has 0 spiro atoms. The van der Waals surface area contributed by atoms with Crippen LogP contribution in [0.3, 0.4) is 0 Å². The molecule has 0 radical (unpaired) electrons. The molecule has 3 nitrogen and oxygen atoms in total. The quantitative estimate of drug-likeness (QED) is 0.697. The van der Waals surface area contributed by atoms with E-state index in [1.807, 2.05) is 0 Å². The van der Waals surface area contributed by atoms with Crippen molar-refractivity contribution in [2.75, 3.05) is 0 Å². The van der Waals surface area contributed by atoms with E-state index in [2.05, 4.69) is 75.0 Å². The monoisotopic (exact) mass is 291 g/mol. The Bertz CT molecular complexity index is 170. The first-order valence-corrected chi connectivity index (χ1v) is 8.74. The van der Waals surface area contributed by atoms with Crippen molar-refractivity contribution >= 4 is 15.3 Å². The Kier molecular flexibility index (Phi) is 5.54. The van der Waals surface area contributed by atoms with Crippen LogP contribution in [0.4, 0.5) is 0 Å². The van der Waals surface area contributed by atoms with Crippen LogP contribution in [0.1, 0.15) is 62.3 Å². The second-order valence-electron chi connectivity index (χ2n) is 7.42. The number of hydrogen-bond donors (Lipinski definition) is 3. The molecule has 3 N–H and O–H groups in total. The SMILES string of the molecule is CC(C)(C)N[As](NC(C)(C)C)NC(C)(C)C. The van der Waals surface area contributed by atoms with Crippen molar-refractivity contribution in [3.63, 3.8) is 0 Å². The summed E-state index contributed by atoms with van der Waals surface area (Å²) in [7, 11) is 0. The Hall–Kier alpha value is 0.438. The van der Waals surface area contributed by atoms with E-state index in [-0.39, 0.29) is 16.6 Å². The molecule has 0 saturated carbocycles. The predicted octanol–water partition coefficient (Wildman–Crippen LogP) is 2.14. The van der Waals surface area contributed by atoms with E-state index in [9.17, 15) is 0 Å². The summed E-state index contributed by atoms with van der Waals surface area (Å²) in [5, 5.41) is 0. The fraction of sp³-hybridized carbons (Fsp3) is 1.00. The van der Waals surface area contributed by atoms with Gasteiger partial charge in [-0.15, -0.1) is 0 Å². The minimum atomic E-state index is -1.43. The Labute approximate surface area is 107 Å². The van der Waals surface area contributed by atoms with Crippen LogP contribution in [-0.2, 0) is 0 Å². The zero-order valence-corrected chi connectivity index (χ0v) is 14.3. The molecule has 0 amide bonds. The van der Waals surface area contributed by atoms with Crippen molar-refractivity contribution in [2.24, 2.45) is 0 Å². The molecule has 0 aromatic rings. The summed E-state index contributed by atoms with van der Waals surface area (Å²) in [6.07, 6.45) is 0. The van der Waals surface area contributed by atoms with E-state index in [0.29, 0.717) is 0 Å². The van der Waals surface area contributed by atoms with E-state index in [0.717, 1.165) is 0 Å². The minimum absolute atomic E-state index is 0.149. The van der Waals surface area contributed by atoms with Crippen LogP contribution in [0, 0.1) is 0 Å². The first-order valence-electron chi connectivity index (χ1n) is 5.92. The van der Waals surface area contributed by atoms with Gasteiger partial charge in [0.05, 0.1) is 0 Å². The molecule has 0 aromatic heterocycles. The van der Waals surface area contributed by atoms with Gasteiger partial charge in [0, 0.05) is 0 Å². The molecule has 0 unspecified atom stereocenters. The van der Waals surface area contributed by atoms with Gasteiger partial charge in [-0.25, -0.2) is 0 Å². The average Bonchev–Trinajstić information content (AvgIpc) is 1.70. The molecule has 0 bridgehead atoms. The van der Waals surface area contributed by atoms with Gasteiger partial charge in [-0.1, -0.05) is 0 Å². The van der Waals surface area contributed by atoms with Crippen LogP contribution in [0.2, 0.25) is 0 Å². The van der Waals surface area contributed by atoms with Crippen LogP contribution in [0.25, 0.3) is 0 Å². The molecule has 0 heterocycles. The average molecular weight is 291 g/mol. The summed E-state index contributed by atoms with van der Waals surface area (Å²) >= 11 is -1.43. The van der Waals surface area contributed by atoms with Gasteiger partial charge < -0.3 is 0 Å². The van der Waals surface area contributed by atoms with Crippen LogP contribution in [0.15, 0.2) is 0 Å². The van der Waals surface area contributed by atoms with Gasteiger partial charge in [0.2, 0.25) is 0 Å². The molecule has 16 heavy (non-hydrogen) atoms. The third kappa shape index (κ3) is 10.9. The molecule has 98 valence electrons. The maximum atomic E-state index is 3.69. The number of nitrogens with one attached hydrogen (secondary N) is 3. The van der Waals surface area contributed by atoms with Crippen LogP contribution < -0.4 is 12.7 Å². The standard InChI is InChI=1S/C12H30AsN3/c1-10(2,3)14-13(15-11(4,5)6)16-12(7,8)9/h14-16H,1-9H3. The fourth-order valence-electron chi connectivity index (χ4n) is 1.09. The van der Waals surface area contributed by atoms with E-state index in [1.165, 1.54) is 0 Å². The van der Waals surface area contributed by atoms with Gasteiger partial charge in [0.1, 0.15) is 0 Å². The van der Waals surface area contributed by atoms with Crippen molar-refractivity contribution < 1.29 is 0 Å². The molecular formula is C12H30AsN3. The Morgan fingerprint density at radius 2 is 0.688 bits per heavy atom. The van der Waals surface area contributed by atoms with Gasteiger partial charge in [-0.3, -0.25) is 0 Å². The van der Waals surface area contributed by atoms with E-state index >= 15 is 0 Å². The maximum absolute atomic E-state index is 3.69. The second-order valence-corrected chi connectivity index (χ2v) is 10.2.